The molecule has 0 aliphatic carbocycles. The average molecular weight is 216 g/mol. The maximum atomic E-state index is 8.75. The third-order valence-electron chi connectivity index (χ3n) is 0.911. The topological polar surface area (TPSA) is 51.8 Å². The second-order valence-electron chi connectivity index (χ2n) is 1.40. The van der Waals surface area contributed by atoms with E-state index in [-0.39, 0.29) is 50.8 Å². The van der Waals surface area contributed by atoms with Gasteiger partial charge in [-0.25, -0.2) is 0 Å². The molecule has 0 rings (SSSR count). The molecule has 0 fully saturated rings. The summed E-state index contributed by atoms with van der Waals surface area (Å²) in [6, 6.07) is 0. The van der Waals surface area contributed by atoms with Gasteiger partial charge in [0.1, 0.15) is 0 Å². The van der Waals surface area contributed by atoms with E-state index in [0.29, 0.717) is 0 Å². The Bertz CT molecular complexity index is 134. The van der Waals surface area contributed by atoms with Gasteiger partial charge in [-0.05, 0) is 0 Å². The summed E-state index contributed by atoms with van der Waals surface area (Å²) in [7, 11) is 1.32. The maximum absolute atomic E-state index is 8.75. The van der Waals surface area contributed by atoms with E-state index in [2.05, 4.69) is 10.8 Å². The molecule has 4 heteroatoms. The van der Waals surface area contributed by atoms with Crippen LogP contribution in [-0.2, 0) is 37.4 Å². The van der Waals surface area contributed by atoms with Gasteiger partial charge in [0.15, 0.2) is 0 Å². The second kappa shape index (κ2) is 7.38. The zero-order valence-corrected chi connectivity index (χ0v) is 8.93. The van der Waals surface area contributed by atoms with E-state index in [1.54, 1.807) is 6.92 Å². The molecule has 0 aromatic carbocycles. The molecule has 0 aromatic rings. The van der Waals surface area contributed by atoms with E-state index < -0.39 is 0 Å². The third-order valence-corrected chi connectivity index (χ3v) is 0.911. The molecule has 0 atom stereocenters. The Hall–Kier alpha value is 0.274. The molecule has 55 valence electrons. The molecule has 0 heterocycles. The Labute approximate surface area is 85.9 Å². The number of rotatable bonds is 2. The number of nitrogens with zero attached hydrogens (tertiary/aromatic N) is 1. The van der Waals surface area contributed by atoms with Crippen LogP contribution in [-0.4, -0.2) is 24.7 Å². The van der Waals surface area contributed by atoms with Crippen molar-refractivity contribution in [2.45, 2.75) is 6.92 Å². The molecule has 0 aliphatic heterocycles. The molecule has 0 saturated carbocycles. The van der Waals surface area contributed by atoms with Crippen LogP contribution in [0.5, 0.6) is 0 Å². The smallest absolute Gasteiger partial charge is 0.0501 e. The van der Waals surface area contributed by atoms with Crippen molar-refractivity contribution in [2.75, 3.05) is 13.7 Å². The number of methoxy groups -OCH3 is 1. The molecule has 0 bridgehead atoms. The van der Waals surface area contributed by atoms with Crippen molar-refractivity contribution in [1.29, 1.82) is 0 Å². The van der Waals surface area contributed by atoms with E-state index in [4.69, 9.17) is 10.5 Å². The minimum atomic E-state index is -0.278. The van der Waals surface area contributed by atoms with Gasteiger partial charge in [0, 0.05) is 39.3 Å². The summed E-state index contributed by atoms with van der Waals surface area (Å²) in [6.45, 7) is 1.33. The summed E-state index contributed by atoms with van der Waals surface area (Å²) in [5.41, 5.74) is 0.275. The fourth-order valence-electron chi connectivity index (χ4n) is 0.377. The first-order valence-electron chi connectivity index (χ1n) is 2.51. The molecular weight excluding hydrogens is 207 g/mol. The van der Waals surface area contributed by atoms with Crippen molar-refractivity contribution in [3.8, 4) is 0 Å². The molecule has 1 radical (unpaired) electrons. The molecule has 0 amide bonds. The molecule has 0 saturated heterocycles. The maximum Gasteiger partial charge on any atom is 0.0501 e. The van der Waals surface area contributed by atoms with Crippen molar-refractivity contribution in [2.24, 2.45) is 0 Å². The van der Waals surface area contributed by atoms with Crippen LogP contribution in [0.4, 0.5) is 0 Å². The first kappa shape index (κ1) is 12.9. The number of aliphatic hydroxyl groups excluding tert-OH is 1. The fraction of sp³-hybridized carbons (Fsp3) is 0.500. The second-order valence-corrected chi connectivity index (χ2v) is 1.40. The summed E-state index contributed by atoms with van der Waals surface area (Å²) >= 11 is 0. The van der Waals surface area contributed by atoms with Crippen molar-refractivity contribution < 1.29 is 42.6 Å². The largest absolute Gasteiger partial charge is 0.874 e. The van der Waals surface area contributed by atoms with E-state index in [1.807, 2.05) is 0 Å². The summed E-state index contributed by atoms with van der Waals surface area (Å²) in [6.07, 6.45) is 2.56. The molecule has 0 spiro atoms. The van der Waals surface area contributed by atoms with Gasteiger partial charge in [0.05, 0.1) is 7.11 Å². The van der Waals surface area contributed by atoms with Crippen LogP contribution >= 0.6 is 0 Å². The first-order valence-corrected chi connectivity index (χ1v) is 2.51. The van der Waals surface area contributed by atoms with E-state index in [9.17, 15) is 0 Å². The Kier molecular flexibility index (Phi) is 9.53. The van der Waals surface area contributed by atoms with Crippen LogP contribution < -0.4 is 0 Å². The van der Waals surface area contributed by atoms with Crippen LogP contribution in [0.3, 0.4) is 0 Å². The van der Waals surface area contributed by atoms with E-state index >= 15 is 0 Å². The van der Waals surface area contributed by atoms with Gasteiger partial charge in [-0.3, -0.25) is 6.08 Å². The normalized spacial score (nSPS) is 10.1. The molecule has 1 N–H and O–H groups in total. The Balaban J connectivity index is 0. The van der Waals surface area contributed by atoms with Crippen LogP contribution in [0.1, 0.15) is 6.92 Å². The number of hydrogen-bond acceptors (Lipinski definition) is 2. The molecule has 0 aliphatic rings. The average Bonchev–Trinajstić information content (AvgIpc) is 1.90. The molecule has 10 heavy (non-hydrogen) atoms. The minimum absolute atomic E-state index is 0. The summed E-state index contributed by atoms with van der Waals surface area (Å²) < 4.78 is 4.41. The molecule has 0 aromatic heterocycles. The van der Waals surface area contributed by atoms with Gasteiger partial charge in [0.2, 0.25) is 0 Å². The van der Waals surface area contributed by atoms with Crippen LogP contribution in [0, 0.1) is 6.08 Å². The Morgan fingerprint density at radius 2 is 2.20 bits per heavy atom. The van der Waals surface area contributed by atoms with E-state index in [0.717, 1.165) is 0 Å². The minimum Gasteiger partial charge on any atom is -0.874 e. The Morgan fingerprint density at radius 3 is 2.30 bits per heavy atom. The van der Waals surface area contributed by atoms with Gasteiger partial charge in [0.25, 0.3) is 0 Å². The van der Waals surface area contributed by atoms with Gasteiger partial charge in [-0.2, -0.15) is 11.5 Å². The Morgan fingerprint density at radius 1 is 1.70 bits per heavy atom. The standard InChI is InChI=1S/C6H9NO2.Y/c1-3-5(4-8)6(7)9-2;/h8H,4H2,1-2H3;/q-2;. The summed E-state index contributed by atoms with van der Waals surface area (Å²) in [4.78, 5) is 0. The van der Waals surface area contributed by atoms with Crippen molar-refractivity contribution >= 4 is 5.90 Å². The van der Waals surface area contributed by atoms with Crippen molar-refractivity contribution in [1.82, 2.24) is 0 Å². The van der Waals surface area contributed by atoms with Crippen LogP contribution in [0.15, 0.2) is 5.57 Å². The first-order chi connectivity index (χ1) is 4.26. The zero-order chi connectivity index (χ0) is 7.28. The van der Waals surface area contributed by atoms with Crippen LogP contribution in [0.25, 0.3) is 5.41 Å². The fourth-order valence-corrected chi connectivity index (χ4v) is 0.377. The monoisotopic (exact) mass is 216 g/mol. The SMILES string of the molecule is C[C-]=C(CO)C(=[N-])OC.[Y]. The quantitative estimate of drug-likeness (QED) is 0.411. The predicted molar refractivity (Wildman–Crippen MR) is 34.9 cm³/mol. The third kappa shape index (κ3) is 4.15. The van der Waals surface area contributed by atoms with Crippen molar-refractivity contribution in [3.05, 3.63) is 17.1 Å². The van der Waals surface area contributed by atoms with Gasteiger partial charge in [-0.15, -0.1) is 6.92 Å². The van der Waals surface area contributed by atoms with Gasteiger partial charge >= 0.3 is 0 Å². The van der Waals surface area contributed by atoms with Crippen LogP contribution in [0.2, 0.25) is 0 Å². The molecule has 0 unspecified atom stereocenters. The summed E-state index contributed by atoms with van der Waals surface area (Å²) in [5, 5.41) is 17.2. The number of aliphatic hydroxyl groups is 1. The number of allylic oxidation sites excluding steroid dienone is 1. The van der Waals surface area contributed by atoms with E-state index in [1.165, 1.54) is 7.11 Å². The number of ether oxygens (including phenoxy) is 1. The zero-order valence-electron chi connectivity index (χ0n) is 6.09. The van der Waals surface area contributed by atoms with Gasteiger partial charge in [-0.1, -0.05) is 0 Å². The molecule has 3 nitrogen and oxygen atoms in total. The van der Waals surface area contributed by atoms with Gasteiger partial charge < -0.3 is 15.3 Å². The summed E-state index contributed by atoms with van der Waals surface area (Å²) in [5.74, 6) is -0.278. The number of hydrogen-bond donors (Lipinski definition) is 1. The van der Waals surface area contributed by atoms with Crippen molar-refractivity contribution in [3.63, 3.8) is 0 Å². The predicted octanol–water partition coefficient (Wildman–Crippen LogP) is 0.340. The molecular formula is C6H9NO2Y-2.